The van der Waals surface area contributed by atoms with E-state index in [9.17, 15) is 4.79 Å². The first-order chi connectivity index (χ1) is 10.6. The Hall–Kier alpha value is -2.82. The highest BCUT2D eigenvalue weighted by atomic mass is 16.7. The van der Waals surface area contributed by atoms with Crippen LogP contribution in [0.1, 0.15) is 18.9 Å². The molecule has 0 fully saturated rings. The molecule has 1 aliphatic rings. The van der Waals surface area contributed by atoms with E-state index in [0.29, 0.717) is 11.5 Å². The number of benzene rings is 2. The molecule has 0 spiro atoms. The zero-order chi connectivity index (χ0) is 15.6. The van der Waals surface area contributed by atoms with Gasteiger partial charge in [0.25, 0.3) is 0 Å². The van der Waals surface area contributed by atoms with Gasteiger partial charge in [0.1, 0.15) is 11.5 Å². The molecular formula is C17H15NO4. The third-order valence-corrected chi connectivity index (χ3v) is 3.46. The van der Waals surface area contributed by atoms with Crippen LogP contribution in [0, 0.1) is 0 Å². The topological polar surface area (TPSA) is 68.1 Å². The fourth-order valence-electron chi connectivity index (χ4n) is 2.17. The van der Waals surface area contributed by atoms with Gasteiger partial charge in [-0.25, -0.2) is 4.79 Å². The molecule has 2 aromatic carbocycles. The van der Waals surface area contributed by atoms with Gasteiger partial charge < -0.3 is 14.7 Å². The van der Waals surface area contributed by atoms with Crippen LogP contribution in [-0.2, 0) is 9.63 Å². The number of rotatable bonds is 4. The van der Waals surface area contributed by atoms with Gasteiger partial charge in [0.2, 0.25) is 5.60 Å². The van der Waals surface area contributed by atoms with Crippen molar-refractivity contribution in [2.24, 2.45) is 5.16 Å². The van der Waals surface area contributed by atoms with Crippen LogP contribution in [0.2, 0.25) is 0 Å². The lowest BCUT2D eigenvalue weighted by molar-refractivity contribution is -0.160. The van der Waals surface area contributed by atoms with Crippen molar-refractivity contribution in [3.05, 3.63) is 60.2 Å². The second-order valence-corrected chi connectivity index (χ2v) is 5.28. The minimum atomic E-state index is -1.30. The Labute approximate surface area is 127 Å². The number of hydrogen-bond donors (Lipinski definition) is 1. The van der Waals surface area contributed by atoms with Crippen LogP contribution in [0.4, 0.5) is 0 Å². The molecule has 0 bridgehead atoms. The molecule has 0 amide bonds. The highest BCUT2D eigenvalue weighted by Gasteiger charge is 2.42. The van der Waals surface area contributed by atoms with Crippen LogP contribution < -0.4 is 4.74 Å². The van der Waals surface area contributed by atoms with Gasteiger partial charge in [-0.2, -0.15) is 0 Å². The Morgan fingerprint density at radius 1 is 1.18 bits per heavy atom. The number of carboxylic acid groups (broad SMARTS) is 1. The molecule has 1 N–H and O–H groups in total. The molecule has 2 aromatic rings. The fraction of sp³-hybridized carbons (Fsp3) is 0.176. The SMILES string of the molecule is C[C@@]1(C(=O)O)CC(c2cccc(Oc3ccccc3)c2)=NO1. The van der Waals surface area contributed by atoms with Gasteiger partial charge in [-0.15, -0.1) is 0 Å². The van der Waals surface area contributed by atoms with Crippen LogP contribution >= 0.6 is 0 Å². The van der Waals surface area contributed by atoms with Crippen LogP contribution in [0.3, 0.4) is 0 Å². The summed E-state index contributed by atoms with van der Waals surface area (Å²) in [6.45, 7) is 1.51. The van der Waals surface area contributed by atoms with Gasteiger partial charge in [-0.05, 0) is 31.2 Å². The molecule has 5 heteroatoms. The zero-order valence-corrected chi connectivity index (χ0v) is 12.0. The largest absolute Gasteiger partial charge is 0.478 e. The van der Waals surface area contributed by atoms with Crippen LogP contribution in [0.25, 0.3) is 0 Å². The molecule has 0 saturated carbocycles. The van der Waals surface area contributed by atoms with Crippen molar-refractivity contribution in [3.63, 3.8) is 0 Å². The Kier molecular flexibility index (Phi) is 3.55. The van der Waals surface area contributed by atoms with Crippen molar-refractivity contribution < 1.29 is 19.5 Å². The number of ether oxygens (including phenoxy) is 1. The van der Waals surface area contributed by atoms with Gasteiger partial charge >= 0.3 is 5.97 Å². The summed E-state index contributed by atoms with van der Waals surface area (Å²) in [6.07, 6.45) is 0.219. The van der Waals surface area contributed by atoms with E-state index in [1.807, 2.05) is 54.6 Å². The van der Waals surface area contributed by atoms with E-state index in [-0.39, 0.29) is 6.42 Å². The molecule has 0 aliphatic carbocycles. The highest BCUT2D eigenvalue weighted by Crippen LogP contribution is 2.29. The first kappa shape index (κ1) is 14.1. The van der Waals surface area contributed by atoms with E-state index in [1.165, 1.54) is 6.92 Å². The molecule has 0 radical (unpaired) electrons. The smallest absolute Gasteiger partial charge is 0.351 e. The highest BCUT2D eigenvalue weighted by molar-refractivity contribution is 6.04. The summed E-state index contributed by atoms with van der Waals surface area (Å²) in [7, 11) is 0. The summed E-state index contributed by atoms with van der Waals surface area (Å²) in [5, 5.41) is 13.1. The first-order valence-electron chi connectivity index (χ1n) is 6.89. The summed E-state index contributed by atoms with van der Waals surface area (Å²) < 4.78 is 5.77. The second kappa shape index (κ2) is 5.52. The number of carboxylic acids is 1. The Morgan fingerprint density at radius 2 is 1.91 bits per heavy atom. The minimum Gasteiger partial charge on any atom is -0.478 e. The molecule has 1 aliphatic heterocycles. The number of para-hydroxylation sites is 1. The van der Waals surface area contributed by atoms with Crippen molar-refractivity contribution in [2.45, 2.75) is 18.9 Å². The summed E-state index contributed by atoms with van der Waals surface area (Å²) in [5.74, 6) is 0.373. The molecule has 0 unspecified atom stereocenters. The van der Waals surface area contributed by atoms with Gasteiger partial charge in [0.05, 0.1) is 5.71 Å². The number of oxime groups is 1. The monoisotopic (exact) mass is 297 g/mol. The van der Waals surface area contributed by atoms with E-state index >= 15 is 0 Å². The van der Waals surface area contributed by atoms with Crippen molar-refractivity contribution >= 4 is 11.7 Å². The van der Waals surface area contributed by atoms with E-state index in [0.717, 1.165) is 11.3 Å². The van der Waals surface area contributed by atoms with Crippen LogP contribution in [0.15, 0.2) is 59.8 Å². The Balaban J connectivity index is 1.79. The maximum Gasteiger partial charge on any atom is 0.351 e. The Morgan fingerprint density at radius 3 is 2.59 bits per heavy atom. The minimum absolute atomic E-state index is 0.219. The third-order valence-electron chi connectivity index (χ3n) is 3.46. The van der Waals surface area contributed by atoms with Crippen molar-refractivity contribution in [3.8, 4) is 11.5 Å². The van der Waals surface area contributed by atoms with E-state index in [2.05, 4.69) is 5.16 Å². The number of nitrogens with zero attached hydrogens (tertiary/aromatic N) is 1. The van der Waals surface area contributed by atoms with Gasteiger partial charge in [0, 0.05) is 12.0 Å². The lowest BCUT2D eigenvalue weighted by Gasteiger charge is -2.14. The normalized spacial score (nSPS) is 20.1. The third kappa shape index (κ3) is 2.79. The first-order valence-corrected chi connectivity index (χ1v) is 6.89. The lowest BCUT2D eigenvalue weighted by Crippen LogP contribution is -2.35. The maximum absolute atomic E-state index is 11.2. The van der Waals surface area contributed by atoms with Crippen LogP contribution in [0.5, 0.6) is 11.5 Å². The molecule has 112 valence electrons. The molecule has 5 nitrogen and oxygen atoms in total. The number of carbonyl (C=O) groups is 1. The fourth-order valence-corrected chi connectivity index (χ4v) is 2.17. The van der Waals surface area contributed by atoms with Crippen LogP contribution in [-0.4, -0.2) is 22.4 Å². The average molecular weight is 297 g/mol. The van der Waals surface area contributed by atoms with Crippen molar-refractivity contribution in [1.82, 2.24) is 0 Å². The number of aliphatic carboxylic acids is 1. The van der Waals surface area contributed by atoms with E-state index in [4.69, 9.17) is 14.7 Å². The molecule has 1 atom stereocenters. The number of hydrogen-bond acceptors (Lipinski definition) is 4. The second-order valence-electron chi connectivity index (χ2n) is 5.28. The van der Waals surface area contributed by atoms with Gasteiger partial charge in [-0.3, -0.25) is 0 Å². The van der Waals surface area contributed by atoms with Gasteiger partial charge in [0.15, 0.2) is 0 Å². The molecular weight excluding hydrogens is 282 g/mol. The van der Waals surface area contributed by atoms with E-state index in [1.54, 1.807) is 0 Å². The predicted molar refractivity (Wildman–Crippen MR) is 81.2 cm³/mol. The molecule has 22 heavy (non-hydrogen) atoms. The van der Waals surface area contributed by atoms with E-state index < -0.39 is 11.6 Å². The van der Waals surface area contributed by atoms with Crippen molar-refractivity contribution in [1.29, 1.82) is 0 Å². The molecule has 3 rings (SSSR count). The standard InChI is InChI=1S/C17H15NO4/c1-17(16(19)20)11-15(18-22-17)12-6-5-9-14(10-12)21-13-7-3-2-4-8-13/h2-10H,11H2,1H3,(H,19,20)/t17-/m0/s1. The molecule has 0 aromatic heterocycles. The summed E-state index contributed by atoms with van der Waals surface area (Å²) in [5.41, 5.74) is 0.0906. The lowest BCUT2D eigenvalue weighted by atomic mass is 9.96. The average Bonchev–Trinajstić information content (AvgIpc) is 2.93. The predicted octanol–water partition coefficient (Wildman–Crippen LogP) is 3.45. The maximum atomic E-state index is 11.2. The van der Waals surface area contributed by atoms with Crippen molar-refractivity contribution in [2.75, 3.05) is 0 Å². The Bertz CT molecular complexity index is 726. The summed E-state index contributed by atoms with van der Waals surface area (Å²) in [4.78, 5) is 16.3. The molecule has 1 heterocycles. The summed E-state index contributed by atoms with van der Waals surface area (Å²) in [6, 6.07) is 16.8. The molecule has 0 saturated heterocycles. The zero-order valence-electron chi connectivity index (χ0n) is 12.0. The van der Waals surface area contributed by atoms with Gasteiger partial charge in [-0.1, -0.05) is 35.5 Å². The quantitative estimate of drug-likeness (QED) is 0.938. The summed E-state index contributed by atoms with van der Waals surface area (Å²) >= 11 is 0.